The lowest BCUT2D eigenvalue weighted by Crippen LogP contribution is -2.47. The van der Waals surface area contributed by atoms with Crippen LogP contribution in [0.2, 0.25) is 0 Å². The number of carbonyl (C=O) groups excluding carboxylic acids is 1. The van der Waals surface area contributed by atoms with Gasteiger partial charge in [-0.2, -0.15) is 0 Å². The smallest absolute Gasteiger partial charge is 0.407 e. The van der Waals surface area contributed by atoms with E-state index in [4.69, 9.17) is 4.74 Å². The SMILES string of the molecule is CC(NC(=O)OC(C)(C)C)C1CCCN1. The summed E-state index contributed by atoms with van der Waals surface area (Å²) in [4.78, 5) is 11.5. The summed E-state index contributed by atoms with van der Waals surface area (Å²) in [6.45, 7) is 8.65. The molecule has 0 aromatic rings. The molecule has 1 aliphatic rings. The summed E-state index contributed by atoms with van der Waals surface area (Å²) in [6.07, 6.45) is 1.98. The van der Waals surface area contributed by atoms with E-state index in [1.54, 1.807) is 0 Å². The molecule has 1 fully saturated rings. The molecule has 2 unspecified atom stereocenters. The normalized spacial score (nSPS) is 23.6. The Hall–Kier alpha value is -0.770. The maximum absolute atomic E-state index is 11.5. The molecule has 4 heteroatoms. The molecule has 2 atom stereocenters. The molecule has 1 rings (SSSR count). The van der Waals surface area contributed by atoms with Gasteiger partial charge in [0.25, 0.3) is 0 Å². The summed E-state index contributed by atoms with van der Waals surface area (Å²) in [5.74, 6) is 0. The summed E-state index contributed by atoms with van der Waals surface area (Å²) >= 11 is 0. The molecule has 0 spiro atoms. The minimum absolute atomic E-state index is 0.127. The van der Waals surface area contributed by atoms with Crippen molar-refractivity contribution in [1.29, 1.82) is 0 Å². The van der Waals surface area contributed by atoms with Crippen LogP contribution in [0.4, 0.5) is 4.79 Å². The van der Waals surface area contributed by atoms with Gasteiger partial charge in [-0.05, 0) is 47.1 Å². The van der Waals surface area contributed by atoms with Crippen molar-refractivity contribution in [3.05, 3.63) is 0 Å². The van der Waals surface area contributed by atoms with Crippen LogP contribution in [0.5, 0.6) is 0 Å². The molecule has 1 amide bonds. The van der Waals surface area contributed by atoms with Crippen molar-refractivity contribution < 1.29 is 9.53 Å². The van der Waals surface area contributed by atoms with Crippen LogP contribution in [0, 0.1) is 0 Å². The first-order valence-electron chi connectivity index (χ1n) is 5.61. The van der Waals surface area contributed by atoms with E-state index in [1.807, 2.05) is 27.7 Å². The fourth-order valence-electron chi connectivity index (χ4n) is 1.73. The van der Waals surface area contributed by atoms with E-state index in [-0.39, 0.29) is 12.1 Å². The highest BCUT2D eigenvalue weighted by Crippen LogP contribution is 2.11. The van der Waals surface area contributed by atoms with E-state index in [1.165, 1.54) is 6.42 Å². The van der Waals surface area contributed by atoms with Crippen LogP contribution < -0.4 is 10.6 Å². The first kappa shape index (κ1) is 12.3. The van der Waals surface area contributed by atoms with Gasteiger partial charge in [-0.15, -0.1) is 0 Å². The number of alkyl carbamates (subject to hydrolysis) is 1. The molecule has 2 N–H and O–H groups in total. The van der Waals surface area contributed by atoms with Gasteiger partial charge in [-0.3, -0.25) is 0 Å². The van der Waals surface area contributed by atoms with Crippen LogP contribution in [-0.2, 0) is 4.74 Å². The third-order valence-electron chi connectivity index (χ3n) is 2.45. The molecule has 88 valence electrons. The Balaban J connectivity index is 2.30. The molecule has 4 nitrogen and oxygen atoms in total. The van der Waals surface area contributed by atoms with Crippen molar-refractivity contribution in [2.45, 2.75) is 58.2 Å². The molecular formula is C11H22N2O2. The van der Waals surface area contributed by atoms with Gasteiger partial charge in [-0.1, -0.05) is 0 Å². The monoisotopic (exact) mass is 214 g/mol. The largest absolute Gasteiger partial charge is 0.444 e. The summed E-state index contributed by atoms with van der Waals surface area (Å²) < 4.78 is 5.19. The highest BCUT2D eigenvalue weighted by atomic mass is 16.6. The second kappa shape index (κ2) is 4.84. The van der Waals surface area contributed by atoms with Crippen LogP contribution in [0.3, 0.4) is 0 Å². The third kappa shape index (κ3) is 4.51. The molecule has 1 aliphatic heterocycles. The van der Waals surface area contributed by atoms with E-state index in [9.17, 15) is 4.79 Å². The molecule has 0 aliphatic carbocycles. The van der Waals surface area contributed by atoms with Crippen LogP contribution in [0.1, 0.15) is 40.5 Å². The van der Waals surface area contributed by atoms with Gasteiger partial charge >= 0.3 is 6.09 Å². The van der Waals surface area contributed by atoms with Crippen molar-refractivity contribution in [1.82, 2.24) is 10.6 Å². The number of carbonyl (C=O) groups is 1. The summed E-state index contributed by atoms with van der Waals surface area (Å²) in [5.41, 5.74) is -0.424. The van der Waals surface area contributed by atoms with Gasteiger partial charge in [0.2, 0.25) is 0 Å². The lowest BCUT2D eigenvalue weighted by Gasteiger charge is -2.24. The maximum atomic E-state index is 11.5. The van der Waals surface area contributed by atoms with Crippen molar-refractivity contribution in [2.24, 2.45) is 0 Å². The van der Waals surface area contributed by atoms with Gasteiger partial charge in [-0.25, -0.2) is 4.79 Å². The molecule has 1 heterocycles. The number of hydrogen-bond donors (Lipinski definition) is 2. The standard InChI is InChI=1S/C11H22N2O2/c1-8(9-6-5-7-12-9)13-10(14)15-11(2,3)4/h8-9,12H,5-7H2,1-4H3,(H,13,14). The average molecular weight is 214 g/mol. The summed E-state index contributed by atoms with van der Waals surface area (Å²) in [7, 11) is 0. The van der Waals surface area contributed by atoms with Crippen molar-refractivity contribution in [3.8, 4) is 0 Å². The Morgan fingerprint density at radius 3 is 2.67 bits per heavy atom. The van der Waals surface area contributed by atoms with E-state index >= 15 is 0 Å². The van der Waals surface area contributed by atoms with Crippen LogP contribution >= 0.6 is 0 Å². The minimum atomic E-state index is -0.424. The topological polar surface area (TPSA) is 50.4 Å². The zero-order valence-electron chi connectivity index (χ0n) is 10.1. The molecule has 0 aromatic heterocycles. The second-order valence-electron chi connectivity index (χ2n) is 5.14. The van der Waals surface area contributed by atoms with Crippen LogP contribution in [0.15, 0.2) is 0 Å². The minimum Gasteiger partial charge on any atom is -0.444 e. The highest BCUT2D eigenvalue weighted by Gasteiger charge is 2.24. The molecule has 0 radical (unpaired) electrons. The number of ether oxygens (including phenoxy) is 1. The number of nitrogens with one attached hydrogen (secondary N) is 2. The van der Waals surface area contributed by atoms with Crippen molar-refractivity contribution >= 4 is 6.09 Å². The molecule has 15 heavy (non-hydrogen) atoms. The zero-order chi connectivity index (χ0) is 11.5. The summed E-state index contributed by atoms with van der Waals surface area (Å²) in [5, 5.41) is 6.21. The Morgan fingerprint density at radius 2 is 2.20 bits per heavy atom. The van der Waals surface area contributed by atoms with E-state index in [0.717, 1.165) is 13.0 Å². The number of rotatable bonds is 2. The summed E-state index contributed by atoms with van der Waals surface area (Å²) in [6, 6.07) is 0.514. The second-order valence-corrected chi connectivity index (χ2v) is 5.14. The molecule has 0 saturated carbocycles. The van der Waals surface area contributed by atoms with E-state index < -0.39 is 5.60 Å². The Morgan fingerprint density at radius 1 is 1.53 bits per heavy atom. The fourth-order valence-corrected chi connectivity index (χ4v) is 1.73. The lowest BCUT2D eigenvalue weighted by molar-refractivity contribution is 0.0500. The van der Waals surface area contributed by atoms with Gasteiger partial charge in [0.1, 0.15) is 5.60 Å². The zero-order valence-corrected chi connectivity index (χ0v) is 10.1. The Bertz CT molecular complexity index is 217. The predicted molar refractivity (Wildman–Crippen MR) is 59.9 cm³/mol. The Labute approximate surface area is 91.8 Å². The lowest BCUT2D eigenvalue weighted by atomic mass is 10.1. The fraction of sp³-hybridized carbons (Fsp3) is 0.909. The predicted octanol–water partition coefficient (Wildman–Crippen LogP) is 1.65. The molecule has 0 bridgehead atoms. The van der Waals surface area contributed by atoms with Crippen LogP contribution in [0.25, 0.3) is 0 Å². The van der Waals surface area contributed by atoms with Crippen LogP contribution in [-0.4, -0.2) is 30.3 Å². The average Bonchev–Trinajstić information content (AvgIpc) is 2.50. The van der Waals surface area contributed by atoms with E-state index in [0.29, 0.717) is 6.04 Å². The quantitative estimate of drug-likeness (QED) is 0.735. The highest BCUT2D eigenvalue weighted by molar-refractivity contribution is 5.68. The van der Waals surface area contributed by atoms with Gasteiger partial charge in [0.05, 0.1) is 0 Å². The van der Waals surface area contributed by atoms with Crippen molar-refractivity contribution in [2.75, 3.05) is 6.54 Å². The first-order chi connectivity index (χ1) is 6.88. The maximum Gasteiger partial charge on any atom is 0.407 e. The third-order valence-corrected chi connectivity index (χ3v) is 2.45. The van der Waals surface area contributed by atoms with Gasteiger partial charge in [0, 0.05) is 12.1 Å². The van der Waals surface area contributed by atoms with Gasteiger partial charge < -0.3 is 15.4 Å². The number of hydrogen-bond acceptors (Lipinski definition) is 3. The van der Waals surface area contributed by atoms with Crippen molar-refractivity contribution in [3.63, 3.8) is 0 Å². The Kier molecular flexibility index (Phi) is 3.97. The first-order valence-corrected chi connectivity index (χ1v) is 5.61. The molecule has 0 aromatic carbocycles. The molecular weight excluding hydrogens is 192 g/mol. The molecule has 1 saturated heterocycles. The van der Waals surface area contributed by atoms with E-state index in [2.05, 4.69) is 10.6 Å². The van der Waals surface area contributed by atoms with Gasteiger partial charge in [0.15, 0.2) is 0 Å². The number of amides is 1.